The monoisotopic (exact) mass is 487 g/mol. The number of hydrogen-bond acceptors (Lipinski definition) is 6. The maximum atomic E-state index is 13.3. The van der Waals surface area contributed by atoms with E-state index in [9.17, 15) is 19.5 Å². The molecule has 0 aliphatic rings. The van der Waals surface area contributed by atoms with Crippen molar-refractivity contribution in [2.45, 2.75) is 51.9 Å². The summed E-state index contributed by atoms with van der Waals surface area (Å²) in [6.07, 6.45) is -0.767. The van der Waals surface area contributed by atoms with Gasteiger partial charge >= 0.3 is 6.09 Å². The molecular formula is C25H33N3O5S. The number of alkyl carbamates (subject to hydrolysis) is 1. The smallest absolute Gasteiger partial charge is 0.408 e. The lowest BCUT2D eigenvalue weighted by Gasteiger charge is -2.31. The summed E-state index contributed by atoms with van der Waals surface area (Å²) >= 11 is 4.20. The number of phenols is 1. The van der Waals surface area contributed by atoms with E-state index in [4.69, 9.17) is 4.74 Å². The maximum absolute atomic E-state index is 13.3. The van der Waals surface area contributed by atoms with Gasteiger partial charge in [0.1, 0.15) is 23.4 Å². The second kappa shape index (κ2) is 11.8. The molecule has 0 bridgehead atoms. The Morgan fingerprint density at radius 3 is 2.32 bits per heavy atom. The molecule has 0 aromatic heterocycles. The molecule has 0 saturated carbocycles. The van der Waals surface area contributed by atoms with Gasteiger partial charge in [-0.25, -0.2) is 4.79 Å². The lowest BCUT2D eigenvalue weighted by Crippen LogP contribution is -2.52. The molecular weight excluding hydrogens is 454 g/mol. The number of nitrogens with one attached hydrogen (secondary N) is 2. The molecule has 0 fully saturated rings. The number of amides is 3. The largest absolute Gasteiger partial charge is 0.507 e. The fourth-order valence-electron chi connectivity index (χ4n) is 3.32. The zero-order chi connectivity index (χ0) is 25.5. The molecule has 2 aromatic rings. The van der Waals surface area contributed by atoms with Crippen molar-refractivity contribution in [1.29, 1.82) is 0 Å². The van der Waals surface area contributed by atoms with Gasteiger partial charge in [0.25, 0.3) is 0 Å². The number of phenolic OH excluding ortho intramolecular Hbond substituents is 1. The summed E-state index contributed by atoms with van der Waals surface area (Å²) < 4.78 is 5.24. The number of hydrogen-bond donors (Lipinski definition) is 4. The Balaban J connectivity index is 2.31. The highest BCUT2D eigenvalue weighted by Crippen LogP contribution is 2.31. The van der Waals surface area contributed by atoms with E-state index in [0.717, 1.165) is 5.56 Å². The van der Waals surface area contributed by atoms with Gasteiger partial charge in [0.05, 0.1) is 0 Å². The maximum Gasteiger partial charge on any atom is 0.408 e. The SMILES string of the molecule is Cc1cccc(C(C(=O)NCc2ccccc2)N(C)C(=O)C(CS)NC(=O)OC(C)(C)C)c1O. The second-order valence-electron chi connectivity index (χ2n) is 8.95. The van der Waals surface area contributed by atoms with Crippen molar-refractivity contribution in [3.63, 3.8) is 0 Å². The van der Waals surface area contributed by atoms with Crippen molar-refractivity contribution < 1.29 is 24.2 Å². The Labute approximate surface area is 206 Å². The Kier molecular flexibility index (Phi) is 9.37. The predicted octanol–water partition coefficient (Wildman–Crippen LogP) is 3.34. The highest BCUT2D eigenvalue weighted by molar-refractivity contribution is 7.80. The number of likely N-dealkylation sites (N-methyl/N-ethyl adjacent to an activating group) is 1. The van der Waals surface area contributed by atoms with E-state index in [0.29, 0.717) is 5.56 Å². The molecule has 2 unspecified atom stereocenters. The normalized spacial score (nSPS) is 12.9. The number of nitrogens with zero attached hydrogens (tertiary/aromatic N) is 1. The Morgan fingerprint density at radius 2 is 1.74 bits per heavy atom. The Morgan fingerprint density at radius 1 is 1.09 bits per heavy atom. The summed E-state index contributed by atoms with van der Waals surface area (Å²) in [6, 6.07) is 12.2. The molecule has 0 heterocycles. The molecule has 0 saturated heterocycles. The minimum absolute atomic E-state index is 0.0133. The minimum Gasteiger partial charge on any atom is -0.507 e. The first-order valence-corrected chi connectivity index (χ1v) is 11.5. The van der Waals surface area contributed by atoms with E-state index in [1.165, 1.54) is 11.9 Å². The highest BCUT2D eigenvalue weighted by Gasteiger charge is 2.35. The van der Waals surface area contributed by atoms with E-state index >= 15 is 0 Å². The lowest BCUT2D eigenvalue weighted by molar-refractivity contribution is -0.140. The molecule has 0 spiro atoms. The van der Waals surface area contributed by atoms with Crippen LogP contribution in [0.5, 0.6) is 5.75 Å². The van der Waals surface area contributed by atoms with Crippen LogP contribution in [-0.2, 0) is 20.9 Å². The second-order valence-corrected chi connectivity index (χ2v) is 9.31. The van der Waals surface area contributed by atoms with Crippen LogP contribution in [0.25, 0.3) is 0 Å². The first kappa shape index (κ1) is 27.0. The average Bonchev–Trinajstić information content (AvgIpc) is 2.78. The molecule has 0 aliphatic heterocycles. The topological polar surface area (TPSA) is 108 Å². The molecule has 0 radical (unpaired) electrons. The van der Waals surface area contributed by atoms with Gasteiger partial charge in [0.15, 0.2) is 0 Å². The number of aromatic hydroxyl groups is 1. The lowest BCUT2D eigenvalue weighted by atomic mass is 10.00. The van der Waals surface area contributed by atoms with Gasteiger partial charge in [0, 0.05) is 24.9 Å². The number of benzene rings is 2. The number of aryl methyl sites for hydroxylation is 1. The van der Waals surface area contributed by atoms with Crippen molar-refractivity contribution in [3.8, 4) is 5.75 Å². The Hall–Kier alpha value is -3.20. The molecule has 184 valence electrons. The fraction of sp³-hybridized carbons (Fsp3) is 0.400. The number of carbonyl (C=O) groups is 3. The molecule has 2 aromatic carbocycles. The minimum atomic E-state index is -1.14. The standard InChI is InChI=1S/C25H33N3O5S/c1-16-10-9-13-18(21(16)29)20(22(30)26-14-17-11-7-6-8-12-17)28(5)23(31)19(15-34)27-24(32)33-25(2,3)4/h6-13,19-20,29,34H,14-15H2,1-5H3,(H,26,30)(H,27,32). The highest BCUT2D eigenvalue weighted by atomic mass is 32.1. The molecule has 34 heavy (non-hydrogen) atoms. The summed E-state index contributed by atoms with van der Waals surface area (Å²) in [6.45, 7) is 7.09. The van der Waals surface area contributed by atoms with Crippen LogP contribution in [0.1, 0.15) is 43.5 Å². The number of ether oxygens (including phenoxy) is 1. The molecule has 8 nitrogen and oxygen atoms in total. The summed E-state index contributed by atoms with van der Waals surface area (Å²) in [5.74, 6) is -1.12. The van der Waals surface area contributed by atoms with Crippen molar-refractivity contribution in [2.24, 2.45) is 0 Å². The molecule has 0 aliphatic carbocycles. The molecule has 2 rings (SSSR count). The van der Waals surface area contributed by atoms with E-state index < -0.39 is 35.6 Å². The van der Waals surface area contributed by atoms with E-state index in [-0.39, 0.29) is 23.6 Å². The number of thiol groups is 1. The van der Waals surface area contributed by atoms with Crippen LogP contribution in [-0.4, -0.2) is 52.4 Å². The van der Waals surface area contributed by atoms with Gasteiger partial charge in [-0.15, -0.1) is 0 Å². The van der Waals surface area contributed by atoms with Crippen LogP contribution in [0.4, 0.5) is 4.79 Å². The third-order valence-electron chi connectivity index (χ3n) is 5.03. The van der Waals surface area contributed by atoms with Gasteiger partial charge in [-0.1, -0.05) is 48.5 Å². The van der Waals surface area contributed by atoms with Crippen LogP contribution in [0.2, 0.25) is 0 Å². The fourth-order valence-corrected chi connectivity index (χ4v) is 3.57. The van der Waals surface area contributed by atoms with Crippen LogP contribution in [0.15, 0.2) is 48.5 Å². The summed E-state index contributed by atoms with van der Waals surface area (Å²) in [5.41, 5.74) is 0.984. The van der Waals surface area contributed by atoms with Crippen molar-refractivity contribution in [3.05, 3.63) is 65.2 Å². The third-order valence-corrected chi connectivity index (χ3v) is 5.39. The average molecular weight is 488 g/mol. The first-order chi connectivity index (χ1) is 15.9. The van der Waals surface area contributed by atoms with Crippen LogP contribution in [0, 0.1) is 6.92 Å². The molecule has 2 atom stereocenters. The number of rotatable bonds is 8. The van der Waals surface area contributed by atoms with E-state index in [1.54, 1.807) is 45.9 Å². The van der Waals surface area contributed by atoms with Gasteiger partial charge in [-0.2, -0.15) is 12.6 Å². The van der Waals surface area contributed by atoms with E-state index in [1.807, 2.05) is 30.3 Å². The molecule has 3 N–H and O–H groups in total. The Bertz CT molecular complexity index is 1010. The van der Waals surface area contributed by atoms with Gasteiger partial charge in [-0.05, 0) is 38.8 Å². The first-order valence-electron chi connectivity index (χ1n) is 10.9. The van der Waals surface area contributed by atoms with Crippen molar-refractivity contribution >= 4 is 30.5 Å². The van der Waals surface area contributed by atoms with Crippen LogP contribution >= 0.6 is 12.6 Å². The van der Waals surface area contributed by atoms with Crippen molar-refractivity contribution in [1.82, 2.24) is 15.5 Å². The number of para-hydroxylation sites is 1. The summed E-state index contributed by atoms with van der Waals surface area (Å²) in [4.78, 5) is 40.0. The predicted molar refractivity (Wildman–Crippen MR) is 134 cm³/mol. The zero-order valence-electron chi connectivity index (χ0n) is 20.2. The van der Waals surface area contributed by atoms with Gasteiger partial charge < -0.3 is 25.4 Å². The third kappa shape index (κ3) is 7.41. The summed E-state index contributed by atoms with van der Waals surface area (Å²) in [7, 11) is 1.45. The van der Waals surface area contributed by atoms with Crippen LogP contribution < -0.4 is 10.6 Å². The zero-order valence-corrected chi connectivity index (χ0v) is 21.1. The van der Waals surface area contributed by atoms with Gasteiger partial charge in [0.2, 0.25) is 11.8 Å². The molecule has 9 heteroatoms. The number of carbonyl (C=O) groups excluding carboxylic acids is 3. The van der Waals surface area contributed by atoms with Crippen LogP contribution in [0.3, 0.4) is 0 Å². The molecule has 3 amide bonds. The van der Waals surface area contributed by atoms with Gasteiger partial charge in [-0.3, -0.25) is 9.59 Å². The van der Waals surface area contributed by atoms with Crippen molar-refractivity contribution in [2.75, 3.05) is 12.8 Å². The summed E-state index contributed by atoms with van der Waals surface area (Å²) in [5, 5.41) is 16.0. The quantitative estimate of drug-likeness (QED) is 0.427. The van der Waals surface area contributed by atoms with E-state index in [2.05, 4.69) is 23.3 Å².